The van der Waals surface area contributed by atoms with Crippen molar-refractivity contribution in [2.45, 2.75) is 11.8 Å². The van der Waals surface area contributed by atoms with E-state index in [1.165, 1.54) is 6.07 Å². The summed E-state index contributed by atoms with van der Waals surface area (Å²) in [5.74, 6) is 0. The first-order chi connectivity index (χ1) is 9.29. The average molecular weight is 420 g/mol. The van der Waals surface area contributed by atoms with Crippen molar-refractivity contribution in [2.75, 3.05) is 10.5 Å². The van der Waals surface area contributed by atoms with Crippen molar-refractivity contribution in [2.24, 2.45) is 0 Å². The Morgan fingerprint density at radius 3 is 2.40 bits per heavy atom. The van der Waals surface area contributed by atoms with E-state index in [0.29, 0.717) is 15.8 Å². The maximum absolute atomic E-state index is 12.4. The summed E-state index contributed by atoms with van der Waals surface area (Å²) in [6, 6.07) is 9.91. The third-order valence-corrected chi connectivity index (χ3v) is 5.51. The molecule has 0 saturated heterocycles. The lowest BCUT2D eigenvalue weighted by atomic mass is 10.2. The zero-order valence-electron chi connectivity index (χ0n) is 10.5. The molecule has 20 heavy (non-hydrogen) atoms. The zero-order chi connectivity index (χ0) is 14.9. The fourth-order valence-corrected chi connectivity index (χ4v) is 4.38. The summed E-state index contributed by atoms with van der Waals surface area (Å²) in [7, 11) is -3.66. The van der Waals surface area contributed by atoms with Gasteiger partial charge in [0.15, 0.2) is 0 Å². The Morgan fingerprint density at radius 1 is 1.10 bits per heavy atom. The lowest BCUT2D eigenvalue weighted by molar-refractivity contribution is 0.600. The van der Waals surface area contributed by atoms with Crippen molar-refractivity contribution in [1.82, 2.24) is 0 Å². The van der Waals surface area contributed by atoms with Gasteiger partial charge in [-0.1, -0.05) is 15.9 Å². The molecule has 0 atom stereocenters. The number of nitrogens with two attached hydrogens (primary N) is 1. The van der Waals surface area contributed by atoms with E-state index in [2.05, 4.69) is 36.6 Å². The van der Waals surface area contributed by atoms with E-state index in [9.17, 15) is 8.42 Å². The molecule has 4 nitrogen and oxygen atoms in total. The molecule has 3 N–H and O–H groups in total. The molecule has 0 heterocycles. The minimum Gasteiger partial charge on any atom is -0.399 e. The number of halogens is 2. The van der Waals surface area contributed by atoms with E-state index in [4.69, 9.17) is 5.73 Å². The van der Waals surface area contributed by atoms with Crippen LogP contribution in [0.2, 0.25) is 0 Å². The van der Waals surface area contributed by atoms with Crippen LogP contribution >= 0.6 is 31.9 Å². The predicted molar refractivity (Wildman–Crippen MR) is 88.2 cm³/mol. The van der Waals surface area contributed by atoms with Crippen molar-refractivity contribution in [3.63, 3.8) is 0 Å². The monoisotopic (exact) mass is 418 g/mol. The van der Waals surface area contributed by atoms with Crippen molar-refractivity contribution >= 4 is 53.3 Å². The van der Waals surface area contributed by atoms with Crippen LogP contribution in [0.25, 0.3) is 0 Å². The van der Waals surface area contributed by atoms with Gasteiger partial charge in [-0.15, -0.1) is 0 Å². The van der Waals surface area contributed by atoms with Crippen molar-refractivity contribution < 1.29 is 8.42 Å². The molecule has 0 spiro atoms. The second-order valence-electron chi connectivity index (χ2n) is 4.25. The average Bonchev–Trinajstić information content (AvgIpc) is 2.32. The Labute approximate surface area is 134 Å². The number of hydrogen-bond donors (Lipinski definition) is 2. The third kappa shape index (κ3) is 3.34. The molecule has 0 amide bonds. The summed E-state index contributed by atoms with van der Waals surface area (Å²) in [4.78, 5) is 0.147. The summed E-state index contributed by atoms with van der Waals surface area (Å²) in [6.45, 7) is 1.83. The van der Waals surface area contributed by atoms with Crippen LogP contribution in [0.4, 0.5) is 11.4 Å². The molecule has 2 rings (SSSR count). The van der Waals surface area contributed by atoms with E-state index in [0.717, 1.165) is 10.0 Å². The normalized spacial score (nSPS) is 11.3. The number of anilines is 2. The number of sulfonamides is 1. The Hall–Kier alpha value is -1.05. The topological polar surface area (TPSA) is 72.2 Å². The second kappa shape index (κ2) is 5.75. The van der Waals surface area contributed by atoms with Crippen molar-refractivity contribution in [3.8, 4) is 0 Å². The molecule has 2 aromatic rings. The Bertz CT molecular complexity index is 761. The Morgan fingerprint density at radius 2 is 1.80 bits per heavy atom. The molecular weight excluding hydrogens is 408 g/mol. The van der Waals surface area contributed by atoms with Gasteiger partial charge in [0.1, 0.15) is 4.90 Å². The SMILES string of the molecule is Cc1cc(Br)ccc1NS(=O)(=O)c1ccc(N)cc1Br. The van der Waals surface area contributed by atoms with Gasteiger partial charge in [0.25, 0.3) is 10.0 Å². The maximum atomic E-state index is 12.4. The van der Waals surface area contributed by atoms with Gasteiger partial charge in [0, 0.05) is 14.6 Å². The quantitative estimate of drug-likeness (QED) is 0.741. The van der Waals surface area contributed by atoms with Crippen LogP contribution in [0.5, 0.6) is 0 Å². The fourth-order valence-electron chi connectivity index (χ4n) is 1.68. The summed E-state index contributed by atoms with van der Waals surface area (Å²) in [5, 5.41) is 0. The summed E-state index contributed by atoms with van der Waals surface area (Å²) >= 11 is 6.56. The minimum atomic E-state index is -3.66. The largest absolute Gasteiger partial charge is 0.399 e. The molecule has 0 aromatic heterocycles. The summed E-state index contributed by atoms with van der Waals surface area (Å²) in [5.41, 5.74) is 7.48. The Kier molecular flexibility index (Phi) is 4.41. The molecule has 0 radical (unpaired) electrons. The highest BCUT2D eigenvalue weighted by molar-refractivity contribution is 9.10. The lowest BCUT2D eigenvalue weighted by Crippen LogP contribution is -2.14. The number of aryl methyl sites for hydroxylation is 1. The van der Waals surface area contributed by atoms with Gasteiger partial charge in [0.05, 0.1) is 5.69 Å². The summed E-state index contributed by atoms with van der Waals surface area (Å²) < 4.78 is 28.7. The van der Waals surface area contributed by atoms with Crippen LogP contribution in [-0.4, -0.2) is 8.42 Å². The highest BCUT2D eigenvalue weighted by atomic mass is 79.9. The predicted octanol–water partition coefficient (Wildman–Crippen LogP) is 3.90. The highest BCUT2D eigenvalue weighted by Crippen LogP contribution is 2.28. The molecule has 0 unspecified atom stereocenters. The lowest BCUT2D eigenvalue weighted by Gasteiger charge is -2.12. The number of benzene rings is 2. The van der Waals surface area contributed by atoms with Gasteiger partial charge in [-0.05, 0) is 64.8 Å². The first-order valence-electron chi connectivity index (χ1n) is 5.63. The van der Waals surface area contributed by atoms with Gasteiger partial charge in [-0.2, -0.15) is 0 Å². The molecule has 7 heteroatoms. The van der Waals surface area contributed by atoms with E-state index >= 15 is 0 Å². The van der Waals surface area contributed by atoms with Gasteiger partial charge < -0.3 is 5.73 Å². The second-order valence-corrected chi connectivity index (χ2v) is 7.68. The van der Waals surface area contributed by atoms with E-state index in [1.54, 1.807) is 24.3 Å². The number of rotatable bonds is 3. The van der Waals surface area contributed by atoms with Crippen LogP contribution in [0.15, 0.2) is 50.2 Å². The van der Waals surface area contributed by atoms with E-state index < -0.39 is 10.0 Å². The van der Waals surface area contributed by atoms with Crippen LogP contribution < -0.4 is 10.5 Å². The van der Waals surface area contributed by atoms with Crippen molar-refractivity contribution in [3.05, 3.63) is 50.9 Å². The maximum Gasteiger partial charge on any atom is 0.263 e. The Balaban J connectivity index is 2.41. The van der Waals surface area contributed by atoms with Gasteiger partial charge in [-0.25, -0.2) is 8.42 Å². The fraction of sp³-hybridized carbons (Fsp3) is 0.0769. The molecule has 2 aromatic carbocycles. The third-order valence-electron chi connectivity index (χ3n) is 2.68. The van der Waals surface area contributed by atoms with Gasteiger partial charge in [-0.3, -0.25) is 4.72 Å². The van der Waals surface area contributed by atoms with E-state index in [1.807, 2.05) is 13.0 Å². The highest BCUT2D eigenvalue weighted by Gasteiger charge is 2.18. The van der Waals surface area contributed by atoms with E-state index in [-0.39, 0.29) is 4.90 Å². The molecule has 0 aliphatic rings. The van der Waals surface area contributed by atoms with Crippen LogP contribution in [-0.2, 0) is 10.0 Å². The molecule has 0 aliphatic carbocycles. The first kappa shape index (κ1) is 15.3. The summed E-state index contributed by atoms with van der Waals surface area (Å²) in [6.07, 6.45) is 0. The van der Waals surface area contributed by atoms with Gasteiger partial charge in [0.2, 0.25) is 0 Å². The first-order valence-corrected chi connectivity index (χ1v) is 8.70. The van der Waals surface area contributed by atoms with Gasteiger partial charge >= 0.3 is 0 Å². The van der Waals surface area contributed by atoms with Crippen LogP contribution in [0.1, 0.15) is 5.56 Å². The van der Waals surface area contributed by atoms with Crippen LogP contribution in [0, 0.1) is 6.92 Å². The molecule has 0 bridgehead atoms. The smallest absolute Gasteiger partial charge is 0.263 e. The number of nitrogens with one attached hydrogen (secondary N) is 1. The molecule has 0 fully saturated rings. The minimum absolute atomic E-state index is 0.147. The number of hydrogen-bond acceptors (Lipinski definition) is 3. The molecular formula is C13H12Br2N2O2S. The number of nitrogen functional groups attached to an aromatic ring is 1. The molecule has 0 aliphatic heterocycles. The van der Waals surface area contributed by atoms with Crippen molar-refractivity contribution in [1.29, 1.82) is 0 Å². The molecule has 106 valence electrons. The van der Waals surface area contributed by atoms with Crippen LogP contribution in [0.3, 0.4) is 0 Å². The standard InChI is InChI=1S/C13H12Br2N2O2S/c1-8-6-9(14)2-4-12(8)17-20(18,19)13-5-3-10(16)7-11(13)15/h2-7,17H,16H2,1H3. The molecule has 0 saturated carbocycles. The zero-order valence-corrected chi connectivity index (χ0v) is 14.5.